The monoisotopic (exact) mass is 610 g/mol. The fourth-order valence-electron chi connectivity index (χ4n) is 9.14. The molecule has 0 fully saturated rings. The number of benzene rings is 9. The molecule has 0 amide bonds. The first-order valence-electron chi connectivity index (χ1n) is 16.9. The number of hydrogen-bond acceptors (Lipinski definition) is 1. The molecule has 224 valence electrons. The predicted octanol–water partition coefficient (Wildman–Crippen LogP) is 13.3. The van der Waals surface area contributed by atoms with Crippen LogP contribution in [0.3, 0.4) is 0 Å². The second-order valence-corrected chi connectivity index (χ2v) is 14.0. The zero-order valence-electron chi connectivity index (χ0n) is 26.8. The SMILES string of the molecule is CC1(C)c2ccccc2-c2c1cc(-c1c3ccccc3c(-c3cc4cccc5oc6cccc3c6c45)c3ccccc13)c1ccccc21. The quantitative estimate of drug-likeness (QED) is 0.140. The van der Waals surface area contributed by atoms with Crippen LogP contribution in [0.15, 0.2) is 150 Å². The molecule has 1 aliphatic carbocycles. The Morgan fingerprint density at radius 2 is 0.875 bits per heavy atom. The molecule has 48 heavy (non-hydrogen) atoms. The van der Waals surface area contributed by atoms with E-state index in [0.717, 1.165) is 11.2 Å². The molecule has 0 saturated carbocycles. The average Bonchev–Trinajstić information content (AvgIpc) is 3.62. The lowest BCUT2D eigenvalue weighted by atomic mass is 9.78. The summed E-state index contributed by atoms with van der Waals surface area (Å²) in [4.78, 5) is 0. The van der Waals surface area contributed by atoms with Gasteiger partial charge in [0.15, 0.2) is 0 Å². The van der Waals surface area contributed by atoms with Gasteiger partial charge in [0.05, 0.1) is 0 Å². The molecule has 1 aromatic heterocycles. The topological polar surface area (TPSA) is 13.1 Å². The van der Waals surface area contributed by atoms with Crippen molar-refractivity contribution in [3.8, 4) is 33.4 Å². The highest BCUT2D eigenvalue weighted by molar-refractivity contribution is 6.30. The van der Waals surface area contributed by atoms with E-state index in [-0.39, 0.29) is 5.41 Å². The van der Waals surface area contributed by atoms with Crippen molar-refractivity contribution in [1.29, 1.82) is 0 Å². The second kappa shape index (κ2) is 9.12. The highest BCUT2D eigenvalue weighted by Gasteiger charge is 2.37. The second-order valence-electron chi connectivity index (χ2n) is 14.0. The van der Waals surface area contributed by atoms with Crippen LogP contribution in [0.5, 0.6) is 0 Å². The van der Waals surface area contributed by atoms with Gasteiger partial charge in [0, 0.05) is 16.2 Å². The van der Waals surface area contributed by atoms with Crippen molar-refractivity contribution >= 4 is 65.0 Å². The van der Waals surface area contributed by atoms with Crippen LogP contribution in [0.25, 0.3) is 98.4 Å². The van der Waals surface area contributed by atoms with Gasteiger partial charge in [0.1, 0.15) is 11.2 Å². The summed E-state index contributed by atoms with van der Waals surface area (Å²) in [5.41, 5.74) is 12.4. The van der Waals surface area contributed by atoms with Crippen LogP contribution >= 0.6 is 0 Å². The molecule has 0 radical (unpaired) electrons. The van der Waals surface area contributed by atoms with Crippen LogP contribution in [0.1, 0.15) is 25.0 Å². The van der Waals surface area contributed by atoms with Gasteiger partial charge in [-0.2, -0.15) is 0 Å². The third kappa shape index (κ3) is 3.21. The maximum absolute atomic E-state index is 6.37. The van der Waals surface area contributed by atoms with Crippen molar-refractivity contribution in [1.82, 2.24) is 0 Å². The number of furan rings is 1. The van der Waals surface area contributed by atoms with E-state index in [0.29, 0.717) is 0 Å². The van der Waals surface area contributed by atoms with Crippen LogP contribution in [0, 0.1) is 0 Å². The first kappa shape index (κ1) is 26.2. The molecule has 1 aliphatic rings. The molecule has 1 heterocycles. The molecular weight excluding hydrogens is 581 g/mol. The van der Waals surface area contributed by atoms with Gasteiger partial charge in [-0.3, -0.25) is 0 Å². The average molecular weight is 611 g/mol. The molecule has 0 N–H and O–H groups in total. The molecule has 0 saturated heterocycles. The highest BCUT2D eigenvalue weighted by atomic mass is 16.3. The Labute approximate surface area is 278 Å². The lowest BCUT2D eigenvalue weighted by Crippen LogP contribution is -2.15. The molecule has 0 bridgehead atoms. The van der Waals surface area contributed by atoms with Crippen LogP contribution in [-0.4, -0.2) is 0 Å². The van der Waals surface area contributed by atoms with E-state index in [9.17, 15) is 0 Å². The third-order valence-electron chi connectivity index (χ3n) is 11.2. The van der Waals surface area contributed by atoms with E-state index in [4.69, 9.17) is 4.42 Å². The van der Waals surface area contributed by atoms with Crippen LogP contribution in [0.2, 0.25) is 0 Å². The summed E-state index contributed by atoms with van der Waals surface area (Å²) < 4.78 is 6.37. The molecular formula is C47H30O. The van der Waals surface area contributed by atoms with Crippen molar-refractivity contribution < 1.29 is 4.42 Å². The van der Waals surface area contributed by atoms with Gasteiger partial charge in [-0.05, 0) is 112 Å². The van der Waals surface area contributed by atoms with E-state index in [1.807, 2.05) is 0 Å². The van der Waals surface area contributed by atoms with Gasteiger partial charge < -0.3 is 4.42 Å². The van der Waals surface area contributed by atoms with Crippen LogP contribution in [0.4, 0.5) is 0 Å². The van der Waals surface area contributed by atoms with E-state index < -0.39 is 0 Å². The maximum atomic E-state index is 6.37. The Kier molecular flexibility index (Phi) is 4.97. The summed E-state index contributed by atoms with van der Waals surface area (Å²) in [5, 5.41) is 12.6. The first-order valence-corrected chi connectivity index (χ1v) is 16.9. The number of hydrogen-bond donors (Lipinski definition) is 0. The molecule has 0 spiro atoms. The standard InChI is InChI=1S/C47H30O/c1-47(2)38-22-10-9-20-35(38)45-29-15-4-3-14-28(29)37(26-39(45)47)44-32-18-7-5-16-30(32)43(31-17-6-8-19-33(31)44)36-25-27-13-11-23-40-42(27)46-34(36)21-12-24-41(46)48-40/h3-26H,1-2H3. The van der Waals surface area contributed by atoms with Crippen molar-refractivity contribution in [2.24, 2.45) is 0 Å². The normalized spacial score (nSPS) is 13.8. The summed E-state index contributed by atoms with van der Waals surface area (Å²) in [6, 6.07) is 53.9. The summed E-state index contributed by atoms with van der Waals surface area (Å²) in [6.45, 7) is 4.77. The molecule has 1 nitrogen and oxygen atoms in total. The molecule has 11 rings (SSSR count). The summed E-state index contributed by atoms with van der Waals surface area (Å²) in [7, 11) is 0. The van der Waals surface area contributed by atoms with Gasteiger partial charge in [-0.15, -0.1) is 0 Å². The molecule has 0 aliphatic heterocycles. The Bertz CT molecular complexity index is 2910. The predicted molar refractivity (Wildman–Crippen MR) is 203 cm³/mol. The maximum Gasteiger partial charge on any atom is 0.136 e. The van der Waals surface area contributed by atoms with Gasteiger partial charge in [0.25, 0.3) is 0 Å². The van der Waals surface area contributed by atoms with Gasteiger partial charge in [-0.1, -0.05) is 135 Å². The fourth-order valence-corrected chi connectivity index (χ4v) is 9.14. The zero-order chi connectivity index (χ0) is 31.7. The van der Waals surface area contributed by atoms with Crippen molar-refractivity contribution in [2.75, 3.05) is 0 Å². The Hall–Kier alpha value is -5.92. The van der Waals surface area contributed by atoms with Crippen molar-refractivity contribution in [3.05, 3.63) is 157 Å². The van der Waals surface area contributed by atoms with Crippen LogP contribution < -0.4 is 0 Å². The number of fused-ring (bicyclic) bond motifs is 7. The van der Waals surface area contributed by atoms with E-state index >= 15 is 0 Å². The Balaban J connectivity index is 1.31. The number of rotatable bonds is 2. The Morgan fingerprint density at radius 3 is 1.54 bits per heavy atom. The minimum absolute atomic E-state index is 0.106. The van der Waals surface area contributed by atoms with Crippen molar-refractivity contribution in [3.63, 3.8) is 0 Å². The van der Waals surface area contributed by atoms with Gasteiger partial charge in [-0.25, -0.2) is 0 Å². The van der Waals surface area contributed by atoms with Gasteiger partial charge >= 0.3 is 0 Å². The minimum Gasteiger partial charge on any atom is -0.456 e. The zero-order valence-corrected chi connectivity index (χ0v) is 26.8. The highest BCUT2D eigenvalue weighted by Crippen LogP contribution is 2.55. The first-order chi connectivity index (χ1) is 23.6. The molecule has 9 aromatic carbocycles. The van der Waals surface area contributed by atoms with Gasteiger partial charge in [0.2, 0.25) is 0 Å². The summed E-state index contributed by atoms with van der Waals surface area (Å²) in [5.74, 6) is 0. The van der Waals surface area contributed by atoms with E-state index in [2.05, 4.69) is 159 Å². The fraction of sp³-hybridized carbons (Fsp3) is 0.0638. The van der Waals surface area contributed by atoms with E-state index in [1.54, 1.807) is 0 Å². The largest absolute Gasteiger partial charge is 0.456 e. The summed E-state index contributed by atoms with van der Waals surface area (Å²) >= 11 is 0. The van der Waals surface area contributed by atoms with Crippen molar-refractivity contribution in [2.45, 2.75) is 19.3 Å². The Morgan fingerprint density at radius 1 is 0.375 bits per heavy atom. The minimum atomic E-state index is -0.106. The molecule has 0 unspecified atom stereocenters. The third-order valence-corrected chi connectivity index (χ3v) is 11.2. The molecule has 10 aromatic rings. The molecule has 0 atom stereocenters. The lowest BCUT2D eigenvalue weighted by Gasteiger charge is -2.24. The van der Waals surface area contributed by atoms with E-state index in [1.165, 1.54) is 98.4 Å². The lowest BCUT2D eigenvalue weighted by molar-refractivity contribution is 0.661. The van der Waals surface area contributed by atoms with Crippen LogP contribution in [-0.2, 0) is 5.41 Å². The molecule has 1 heteroatoms. The summed E-state index contributed by atoms with van der Waals surface area (Å²) in [6.07, 6.45) is 0. The smallest absolute Gasteiger partial charge is 0.136 e.